The van der Waals surface area contributed by atoms with Crippen LogP contribution in [-0.4, -0.2) is 95.9 Å². The number of thioether (sulfide) groups is 1. The number of morpholine rings is 1. The van der Waals surface area contributed by atoms with Crippen molar-refractivity contribution in [2.24, 2.45) is 11.8 Å². The topological polar surface area (TPSA) is 111 Å². The third kappa shape index (κ3) is 7.76. The fourth-order valence-electron chi connectivity index (χ4n) is 4.96. The standard InChI is InChI=1S/C20H30N2O2S.2CH2O2/c1-25-18-4-2-3-15(9-18)12-21-13-16-10-19(20(23)11-17(16)14-21)22-5-7-24-8-6-22;2*2-1-3/h2-4,9,16-17,19-20,23H,5-8,10-14H2,1H3;2*1H,(H,2,3)/t16-,17+,19-,20-;;/m1../s1. The van der Waals surface area contributed by atoms with Gasteiger partial charge in [0, 0.05) is 43.7 Å². The molecule has 4 rings (SSSR count). The molecule has 0 radical (unpaired) electrons. The lowest BCUT2D eigenvalue weighted by Gasteiger charge is -2.43. The second-order valence-corrected chi connectivity index (χ2v) is 8.91. The largest absolute Gasteiger partial charge is 0.483 e. The number of hydrogen-bond donors (Lipinski definition) is 3. The van der Waals surface area contributed by atoms with Gasteiger partial charge in [0.1, 0.15) is 0 Å². The number of rotatable bonds is 4. The van der Waals surface area contributed by atoms with Gasteiger partial charge in [0.05, 0.1) is 19.3 Å². The first-order valence-corrected chi connectivity index (χ1v) is 11.8. The Kier molecular flexibility index (Phi) is 11.3. The number of carboxylic acid groups (broad SMARTS) is 2. The molecule has 0 spiro atoms. The van der Waals surface area contributed by atoms with E-state index in [1.807, 2.05) is 11.8 Å². The van der Waals surface area contributed by atoms with Crippen LogP contribution in [0.15, 0.2) is 29.2 Å². The number of aliphatic hydroxyl groups excluding tert-OH is 1. The molecule has 3 fully saturated rings. The fourth-order valence-corrected chi connectivity index (χ4v) is 5.45. The smallest absolute Gasteiger partial charge is 0.290 e. The van der Waals surface area contributed by atoms with Crippen LogP contribution in [0.3, 0.4) is 0 Å². The molecule has 2 heterocycles. The van der Waals surface area contributed by atoms with E-state index in [0.29, 0.717) is 12.0 Å². The van der Waals surface area contributed by atoms with Crippen molar-refractivity contribution in [3.63, 3.8) is 0 Å². The molecule has 1 aliphatic carbocycles. The SMILES string of the molecule is CSc1cccc(CN2C[C@H]3C[C@@H](N4CCOCC4)[C@H](O)C[C@H]3C2)c1.O=CO.O=CO. The minimum atomic E-state index is -0.250. The summed E-state index contributed by atoms with van der Waals surface area (Å²) in [5.74, 6) is 1.40. The van der Waals surface area contributed by atoms with Gasteiger partial charge in [-0.3, -0.25) is 19.4 Å². The summed E-state index contributed by atoms with van der Waals surface area (Å²) < 4.78 is 5.48. The molecule has 8 nitrogen and oxygen atoms in total. The number of nitrogens with zero attached hydrogens (tertiary/aromatic N) is 2. The number of likely N-dealkylation sites (tertiary alicyclic amines) is 1. The predicted molar refractivity (Wildman–Crippen MR) is 119 cm³/mol. The van der Waals surface area contributed by atoms with Gasteiger partial charge in [-0.05, 0) is 48.6 Å². The van der Waals surface area contributed by atoms with Crippen LogP contribution < -0.4 is 0 Å². The molecule has 1 aromatic carbocycles. The quantitative estimate of drug-likeness (QED) is 0.462. The summed E-state index contributed by atoms with van der Waals surface area (Å²) >= 11 is 1.81. The average molecular weight is 455 g/mol. The molecule has 9 heteroatoms. The zero-order valence-corrected chi connectivity index (χ0v) is 18.8. The Morgan fingerprint density at radius 2 is 1.71 bits per heavy atom. The lowest BCUT2D eigenvalue weighted by molar-refractivity contribution is -0.123. The number of fused-ring (bicyclic) bond motifs is 1. The van der Waals surface area contributed by atoms with Crippen LogP contribution in [0, 0.1) is 11.8 Å². The summed E-state index contributed by atoms with van der Waals surface area (Å²) in [6.45, 7) is 6.45. The van der Waals surface area contributed by atoms with Crippen LogP contribution in [0.2, 0.25) is 0 Å². The molecule has 174 valence electrons. The molecule has 2 saturated heterocycles. The first-order valence-electron chi connectivity index (χ1n) is 10.6. The van der Waals surface area contributed by atoms with Crippen molar-refractivity contribution in [2.45, 2.75) is 36.4 Å². The van der Waals surface area contributed by atoms with Gasteiger partial charge in [0.15, 0.2) is 0 Å². The number of hydrogen-bond acceptors (Lipinski definition) is 7. The van der Waals surface area contributed by atoms with Gasteiger partial charge >= 0.3 is 0 Å². The van der Waals surface area contributed by atoms with E-state index in [2.05, 4.69) is 40.3 Å². The van der Waals surface area contributed by atoms with E-state index < -0.39 is 0 Å². The highest BCUT2D eigenvalue weighted by Gasteiger charge is 2.43. The second-order valence-electron chi connectivity index (χ2n) is 8.03. The Morgan fingerprint density at radius 1 is 1.10 bits per heavy atom. The molecule has 0 aromatic heterocycles. The molecule has 4 atom stereocenters. The van der Waals surface area contributed by atoms with Crippen molar-refractivity contribution in [1.29, 1.82) is 0 Å². The Balaban J connectivity index is 0.000000513. The first-order chi connectivity index (χ1) is 15.1. The molecule has 1 saturated carbocycles. The van der Waals surface area contributed by atoms with E-state index in [1.165, 1.54) is 17.0 Å². The molecule has 31 heavy (non-hydrogen) atoms. The van der Waals surface area contributed by atoms with Gasteiger partial charge in [0.25, 0.3) is 12.9 Å². The maximum Gasteiger partial charge on any atom is 0.290 e. The van der Waals surface area contributed by atoms with Gasteiger partial charge in [-0.2, -0.15) is 0 Å². The highest BCUT2D eigenvalue weighted by Crippen LogP contribution is 2.39. The Labute approximate surface area is 188 Å². The summed E-state index contributed by atoms with van der Waals surface area (Å²) in [6, 6.07) is 9.25. The molecule has 3 N–H and O–H groups in total. The summed E-state index contributed by atoms with van der Waals surface area (Å²) in [7, 11) is 0. The van der Waals surface area contributed by atoms with Crippen molar-refractivity contribution in [3.8, 4) is 0 Å². The van der Waals surface area contributed by atoms with Crippen LogP contribution in [0.5, 0.6) is 0 Å². The Hall–Kier alpha value is -1.65. The van der Waals surface area contributed by atoms with Gasteiger partial charge in [-0.25, -0.2) is 0 Å². The zero-order chi connectivity index (χ0) is 22.6. The van der Waals surface area contributed by atoms with Gasteiger partial charge in [-0.15, -0.1) is 11.8 Å². The van der Waals surface area contributed by atoms with E-state index in [-0.39, 0.29) is 19.0 Å². The summed E-state index contributed by atoms with van der Waals surface area (Å²) in [5.41, 5.74) is 1.41. The van der Waals surface area contributed by atoms with Crippen molar-refractivity contribution in [1.82, 2.24) is 9.80 Å². The Bertz CT molecular complexity index is 667. The van der Waals surface area contributed by atoms with Crippen molar-refractivity contribution < 1.29 is 29.6 Å². The maximum atomic E-state index is 10.7. The maximum absolute atomic E-state index is 10.7. The lowest BCUT2D eigenvalue weighted by Crippen LogP contribution is -2.53. The average Bonchev–Trinajstić information content (AvgIpc) is 3.16. The minimum Gasteiger partial charge on any atom is -0.483 e. The van der Waals surface area contributed by atoms with Gasteiger partial charge < -0.3 is 20.1 Å². The van der Waals surface area contributed by atoms with Crippen molar-refractivity contribution >= 4 is 24.7 Å². The summed E-state index contributed by atoms with van der Waals surface area (Å²) in [4.78, 5) is 23.1. The van der Waals surface area contributed by atoms with Crippen molar-refractivity contribution in [2.75, 3.05) is 45.6 Å². The van der Waals surface area contributed by atoms with E-state index in [1.54, 1.807) is 0 Å². The normalized spacial score (nSPS) is 28.3. The molecule has 1 aromatic rings. The van der Waals surface area contributed by atoms with E-state index in [4.69, 9.17) is 24.5 Å². The van der Waals surface area contributed by atoms with E-state index in [9.17, 15) is 5.11 Å². The van der Waals surface area contributed by atoms with Crippen LogP contribution in [-0.2, 0) is 20.9 Å². The highest BCUT2D eigenvalue weighted by atomic mass is 32.2. The van der Waals surface area contributed by atoms with Crippen LogP contribution in [0.25, 0.3) is 0 Å². The minimum absolute atomic E-state index is 0.167. The molecular weight excluding hydrogens is 420 g/mol. The van der Waals surface area contributed by atoms with E-state index in [0.717, 1.165) is 58.2 Å². The number of ether oxygens (including phenoxy) is 1. The van der Waals surface area contributed by atoms with Crippen LogP contribution in [0.1, 0.15) is 18.4 Å². The fraction of sp³-hybridized carbons (Fsp3) is 0.636. The van der Waals surface area contributed by atoms with Crippen molar-refractivity contribution in [3.05, 3.63) is 29.8 Å². The molecule has 0 amide bonds. The third-order valence-electron chi connectivity index (χ3n) is 6.24. The lowest BCUT2D eigenvalue weighted by atomic mass is 9.77. The number of carbonyl (C=O) groups is 2. The summed E-state index contributed by atoms with van der Waals surface area (Å²) in [6.07, 6.45) is 4.08. The molecule has 2 aliphatic heterocycles. The van der Waals surface area contributed by atoms with Gasteiger partial charge in [-0.1, -0.05) is 12.1 Å². The zero-order valence-electron chi connectivity index (χ0n) is 18.0. The number of aliphatic hydroxyl groups is 1. The Morgan fingerprint density at radius 3 is 2.32 bits per heavy atom. The summed E-state index contributed by atoms with van der Waals surface area (Å²) in [5, 5.41) is 24.5. The van der Waals surface area contributed by atoms with Gasteiger partial charge in [0.2, 0.25) is 0 Å². The monoisotopic (exact) mass is 454 g/mol. The van der Waals surface area contributed by atoms with E-state index >= 15 is 0 Å². The second kappa shape index (κ2) is 13.7. The third-order valence-corrected chi connectivity index (χ3v) is 6.97. The molecule has 0 bridgehead atoms. The first kappa shape index (κ1) is 25.6. The van der Waals surface area contributed by atoms with Crippen LogP contribution in [0.4, 0.5) is 0 Å². The number of benzene rings is 1. The van der Waals surface area contributed by atoms with Crippen LogP contribution >= 0.6 is 11.8 Å². The molecule has 3 aliphatic rings. The highest BCUT2D eigenvalue weighted by molar-refractivity contribution is 7.98. The molecule has 0 unspecified atom stereocenters. The predicted octanol–water partition coefficient (Wildman–Crippen LogP) is 1.71. The molecular formula is C22H34N2O6S.